The molecule has 0 fully saturated rings. The maximum atomic E-state index is 4.40. The Morgan fingerprint density at radius 3 is 3.00 bits per heavy atom. The van der Waals surface area contributed by atoms with Gasteiger partial charge in [-0.25, -0.2) is 0 Å². The third-order valence-electron chi connectivity index (χ3n) is 1.98. The number of thiol groups is 1. The summed E-state index contributed by atoms with van der Waals surface area (Å²) in [5, 5.41) is 0.407. The van der Waals surface area contributed by atoms with Crippen molar-refractivity contribution in [2.45, 2.75) is 11.7 Å². The molecule has 0 radical (unpaired) electrons. The fourth-order valence-electron chi connectivity index (χ4n) is 1.39. The van der Waals surface area contributed by atoms with Crippen molar-refractivity contribution in [3.8, 4) is 0 Å². The van der Waals surface area contributed by atoms with Crippen molar-refractivity contribution in [3.63, 3.8) is 0 Å². The Balaban J connectivity index is 2.46. The summed E-state index contributed by atoms with van der Waals surface area (Å²) in [5.41, 5.74) is 2.76. The molecule has 56 valence electrons. The van der Waals surface area contributed by atoms with Crippen LogP contribution in [0.3, 0.4) is 0 Å². The van der Waals surface area contributed by atoms with Crippen LogP contribution in [0.15, 0.2) is 30.3 Å². The predicted molar refractivity (Wildman–Crippen MR) is 52.0 cm³/mol. The van der Waals surface area contributed by atoms with E-state index in [-0.39, 0.29) is 0 Å². The van der Waals surface area contributed by atoms with Gasteiger partial charge in [-0.1, -0.05) is 36.4 Å². The fraction of sp³-hybridized carbons (Fsp3) is 0.200. The molecule has 0 aromatic heterocycles. The zero-order valence-corrected chi connectivity index (χ0v) is 7.09. The molecule has 0 nitrogen and oxygen atoms in total. The van der Waals surface area contributed by atoms with E-state index < -0.39 is 0 Å². The topological polar surface area (TPSA) is 0 Å². The summed E-state index contributed by atoms with van der Waals surface area (Å²) in [7, 11) is 0. The van der Waals surface area contributed by atoms with E-state index in [0.717, 1.165) is 6.42 Å². The first-order valence-electron chi connectivity index (χ1n) is 3.80. The Labute approximate surface area is 72.4 Å². The Morgan fingerprint density at radius 1 is 1.27 bits per heavy atom. The van der Waals surface area contributed by atoms with Gasteiger partial charge in [0.15, 0.2) is 0 Å². The number of hydrogen-bond acceptors (Lipinski definition) is 1. The largest absolute Gasteiger partial charge is 0.171 e. The van der Waals surface area contributed by atoms with Crippen molar-refractivity contribution in [2.24, 2.45) is 0 Å². The van der Waals surface area contributed by atoms with Crippen LogP contribution in [0.5, 0.6) is 0 Å². The molecular weight excluding hydrogens is 152 g/mol. The van der Waals surface area contributed by atoms with Gasteiger partial charge < -0.3 is 0 Å². The van der Waals surface area contributed by atoms with Crippen LogP contribution in [-0.2, 0) is 6.42 Å². The maximum absolute atomic E-state index is 4.40. The van der Waals surface area contributed by atoms with Gasteiger partial charge in [-0.3, -0.25) is 0 Å². The van der Waals surface area contributed by atoms with Crippen LogP contribution in [0.25, 0.3) is 6.08 Å². The molecule has 1 aliphatic carbocycles. The van der Waals surface area contributed by atoms with E-state index in [0.29, 0.717) is 5.25 Å². The van der Waals surface area contributed by atoms with E-state index in [1.807, 2.05) is 0 Å². The molecule has 1 aromatic carbocycles. The highest BCUT2D eigenvalue weighted by atomic mass is 32.1. The first-order chi connectivity index (χ1) is 5.36. The summed E-state index contributed by atoms with van der Waals surface area (Å²) in [4.78, 5) is 0. The molecular formula is C10H10S. The van der Waals surface area contributed by atoms with Gasteiger partial charge in [-0.15, -0.1) is 0 Å². The third kappa shape index (κ3) is 1.33. The molecule has 0 amide bonds. The van der Waals surface area contributed by atoms with Crippen molar-refractivity contribution < 1.29 is 0 Å². The fourth-order valence-corrected chi connectivity index (χ4v) is 1.67. The number of fused-ring (bicyclic) bond motifs is 1. The molecule has 2 rings (SSSR count). The highest BCUT2D eigenvalue weighted by molar-refractivity contribution is 7.81. The first-order valence-corrected chi connectivity index (χ1v) is 4.32. The summed E-state index contributed by atoms with van der Waals surface area (Å²) < 4.78 is 0. The lowest BCUT2D eigenvalue weighted by Gasteiger charge is -2.13. The summed E-state index contributed by atoms with van der Waals surface area (Å²) in [6, 6.07) is 8.47. The average molecular weight is 162 g/mol. The molecule has 0 spiro atoms. The van der Waals surface area contributed by atoms with Crippen LogP contribution in [0.2, 0.25) is 0 Å². The standard InChI is InChI=1S/C10H10S/c11-10-6-5-8-3-1-2-4-9(8)7-10/h1-6,10-11H,7H2. The number of hydrogen-bond donors (Lipinski definition) is 1. The third-order valence-corrected chi connectivity index (χ3v) is 2.34. The molecule has 1 heteroatoms. The van der Waals surface area contributed by atoms with Crippen molar-refractivity contribution in [3.05, 3.63) is 41.5 Å². The Bertz CT molecular complexity index is 289. The molecule has 0 saturated carbocycles. The molecule has 0 bridgehead atoms. The molecule has 0 aliphatic heterocycles. The van der Waals surface area contributed by atoms with Crippen LogP contribution in [0, 0.1) is 0 Å². The highest BCUT2D eigenvalue weighted by Gasteiger charge is 2.08. The minimum absolute atomic E-state index is 0.407. The van der Waals surface area contributed by atoms with Crippen molar-refractivity contribution in [1.29, 1.82) is 0 Å². The summed E-state index contributed by atoms with van der Waals surface area (Å²) in [5.74, 6) is 0. The van der Waals surface area contributed by atoms with Gasteiger partial charge in [0.25, 0.3) is 0 Å². The Morgan fingerprint density at radius 2 is 2.09 bits per heavy atom. The van der Waals surface area contributed by atoms with Crippen molar-refractivity contribution >= 4 is 18.7 Å². The van der Waals surface area contributed by atoms with E-state index in [1.165, 1.54) is 11.1 Å². The summed E-state index contributed by atoms with van der Waals surface area (Å²) >= 11 is 4.40. The van der Waals surface area contributed by atoms with Gasteiger partial charge in [0.05, 0.1) is 0 Å². The Hall–Kier alpha value is -0.690. The minimum Gasteiger partial charge on any atom is -0.171 e. The molecule has 1 unspecified atom stereocenters. The van der Waals surface area contributed by atoms with Gasteiger partial charge in [0, 0.05) is 5.25 Å². The van der Waals surface area contributed by atoms with Crippen molar-refractivity contribution in [2.75, 3.05) is 0 Å². The van der Waals surface area contributed by atoms with E-state index >= 15 is 0 Å². The molecule has 1 atom stereocenters. The molecule has 0 N–H and O–H groups in total. The lowest BCUT2D eigenvalue weighted by atomic mass is 9.97. The smallest absolute Gasteiger partial charge is 0.0240 e. The average Bonchev–Trinajstić information content (AvgIpc) is 2.04. The van der Waals surface area contributed by atoms with Gasteiger partial charge >= 0.3 is 0 Å². The monoisotopic (exact) mass is 162 g/mol. The molecule has 1 aliphatic rings. The van der Waals surface area contributed by atoms with Gasteiger partial charge in [-0.05, 0) is 17.5 Å². The molecule has 0 saturated heterocycles. The second-order valence-electron chi connectivity index (χ2n) is 2.83. The molecule has 11 heavy (non-hydrogen) atoms. The summed E-state index contributed by atoms with van der Waals surface area (Å²) in [6.45, 7) is 0. The second-order valence-corrected chi connectivity index (χ2v) is 3.49. The van der Waals surface area contributed by atoms with E-state index in [9.17, 15) is 0 Å². The minimum atomic E-state index is 0.407. The molecule has 0 heterocycles. The quantitative estimate of drug-likeness (QED) is 0.557. The van der Waals surface area contributed by atoms with E-state index in [2.05, 4.69) is 49.0 Å². The van der Waals surface area contributed by atoms with Crippen LogP contribution < -0.4 is 0 Å². The lowest BCUT2D eigenvalue weighted by molar-refractivity contribution is 1.01. The lowest BCUT2D eigenvalue weighted by Crippen LogP contribution is -2.05. The van der Waals surface area contributed by atoms with Crippen LogP contribution in [0.1, 0.15) is 11.1 Å². The zero-order valence-electron chi connectivity index (χ0n) is 6.20. The van der Waals surface area contributed by atoms with E-state index in [1.54, 1.807) is 0 Å². The first kappa shape index (κ1) is 6.99. The maximum Gasteiger partial charge on any atom is 0.0240 e. The number of benzene rings is 1. The van der Waals surface area contributed by atoms with Crippen LogP contribution in [0.4, 0.5) is 0 Å². The Kier molecular flexibility index (Phi) is 1.74. The normalized spacial score (nSPS) is 21.4. The van der Waals surface area contributed by atoms with Gasteiger partial charge in [0.1, 0.15) is 0 Å². The number of rotatable bonds is 0. The summed E-state index contributed by atoms with van der Waals surface area (Å²) in [6.07, 6.45) is 5.36. The van der Waals surface area contributed by atoms with Gasteiger partial charge in [-0.2, -0.15) is 12.6 Å². The molecule has 1 aromatic rings. The zero-order chi connectivity index (χ0) is 7.68. The van der Waals surface area contributed by atoms with Crippen molar-refractivity contribution in [1.82, 2.24) is 0 Å². The van der Waals surface area contributed by atoms with Crippen LogP contribution >= 0.6 is 12.6 Å². The highest BCUT2D eigenvalue weighted by Crippen LogP contribution is 2.20. The predicted octanol–water partition coefficient (Wildman–Crippen LogP) is 2.55. The second kappa shape index (κ2) is 2.74. The SMILES string of the molecule is SC1C=Cc2ccccc2C1. The van der Waals surface area contributed by atoms with Gasteiger partial charge in [0.2, 0.25) is 0 Å². The van der Waals surface area contributed by atoms with Crippen LogP contribution in [-0.4, -0.2) is 5.25 Å². The van der Waals surface area contributed by atoms with E-state index in [4.69, 9.17) is 0 Å².